The smallest absolute Gasteiger partial charge is 0.0675 e. The highest BCUT2D eigenvalue weighted by molar-refractivity contribution is 7.90. The van der Waals surface area contributed by atoms with Gasteiger partial charge in [0.05, 0.1) is 5.70 Å². The zero-order valence-electron chi connectivity index (χ0n) is 16.2. The molecule has 0 bridgehead atoms. The molecule has 0 aliphatic heterocycles. The first kappa shape index (κ1) is 21.2. The van der Waals surface area contributed by atoms with Crippen LogP contribution in [0.1, 0.15) is 37.3 Å². The molecule has 0 radical (unpaired) electrons. The van der Waals surface area contributed by atoms with Crippen LogP contribution in [0.3, 0.4) is 0 Å². The van der Waals surface area contributed by atoms with Crippen LogP contribution in [-0.2, 0) is 6.54 Å². The number of nitrogens with zero attached hydrogens (tertiary/aromatic N) is 1. The van der Waals surface area contributed by atoms with E-state index in [0.717, 1.165) is 57.8 Å². The quantitative estimate of drug-likeness (QED) is 0.289. The fourth-order valence-electron chi connectivity index (χ4n) is 2.85. The maximum absolute atomic E-state index is 5.95. The van der Waals surface area contributed by atoms with Gasteiger partial charge in [0.2, 0.25) is 0 Å². The number of thiol groups is 1. The first-order chi connectivity index (χ1) is 13.1. The van der Waals surface area contributed by atoms with E-state index in [1.807, 2.05) is 25.4 Å². The van der Waals surface area contributed by atoms with Gasteiger partial charge in [0.15, 0.2) is 0 Å². The molecule has 27 heavy (non-hydrogen) atoms. The third kappa shape index (κ3) is 5.70. The maximum atomic E-state index is 5.95. The summed E-state index contributed by atoms with van der Waals surface area (Å²) in [6, 6.07) is 14.6. The van der Waals surface area contributed by atoms with Crippen LogP contribution >= 0.6 is 12.6 Å². The van der Waals surface area contributed by atoms with Crippen molar-refractivity contribution >= 4 is 29.4 Å². The van der Waals surface area contributed by atoms with E-state index < -0.39 is 0 Å². The maximum Gasteiger partial charge on any atom is 0.0675 e. The van der Waals surface area contributed by atoms with Gasteiger partial charge < -0.3 is 16.8 Å². The summed E-state index contributed by atoms with van der Waals surface area (Å²) in [6.45, 7) is 3.04. The van der Waals surface area contributed by atoms with Crippen LogP contribution < -0.4 is 16.8 Å². The fraction of sp³-hybridized carbons (Fsp3) is 0.318. The first-order valence-electron chi connectivity index (χ1n) is 9.40. The molecule has 144 valence electrons. The lowest BCUT2D eigenvalue weighted by atomic mass is 9.99. The second kappa shape index (κ2) is 10.9. The van der Waals surface area contributed by atoms with Crippen LogP contribution in [-0.4, -0.2) is 19.8 Å². The molecule has 0 amide bonds. The van der Waals surface area contributed by atoms with Crippen LogP contribution in [0.15, 0.2) is 53.2 Å². The van der Waals surface area contributed by atoms with Crippen molar-refractivity contribution in [1.29, 1.82) is 0 Å². The second-order valence-corrected chi connectivity index (χ2v) is 6.82. The summed E-state index contributed by atoms with van der Waals surface area (Å²) in [5.41, 5.74) is 17.9. The van der Waals surface area contributed by atoms with Crippen molar-refractivity contribution in [1.82, 2.24) is 0 Å². The van der Waals surface area contributed by atoms with E-state index in [9.17, 15) is 0 Å². The number of unbranched alkanes of at least 4 members (excludes halogenated alkanes) is 2. The lowest BCUT2D eigenvalue weighted by Gasteiger charge is -2.14. The van der Waals surface area contributed by atoms with Crippen molar-refractivity contribution in [3.63, 3.8) is 0 Å². The zero-order valence-corrected chi connectivity index (χ0v) is 17.1. The van der Waals surface area contributed by atoms with Crippen molar-refractivity contribution < 1.29 is 0 Å². The Bertz CT molecular complexity index is 812. The van der Waals surface area contributed by atoms with E-state index in [2.05, 4.69) is 47.6 Å². The molecular formula is C22H30N4S. The van der Waals surface area contributed by atoms with Gasteiger partial charge in [0.1, 0.15) is 0 Å². The molecule has 2 rings (SSSR count). The van der Waals surface area contributed by atoms with Gasteiger partial charge in [-0.15, -0.1) is 12.6 Å². The number of nitrogens with one attached hydrogen (secondary N) is 1. The standard InChI is InChI=1S/C22H30N4S/c1-3-4-5-11-26-21(15-24)22(27)19-13-18(9-10-20(19)25-2)17-8-6-7-16(12-17)14-23/h6-13,25,27H,3-5,14-15,23-24H2,1-2H3/b22-21-,26-11?. The molecule has 0 aliphatic carbocycles. The lowest BCUT2D eigenvalue weighted by Crippen LogP contribution is -2.04. The fourth-order valence-corrected chi connectivity index (χ4v) is 3.19. The molecule has 0 spiro atoms. The lowest BCUT2D eigenvalue weighted by molar-refractivity contribution is 0.841. The van der Waals surface area contributed by atoms with E-state index in [4.69, 9.17) is 24.1 Å². The second-order valence-electron chi connectivity index (χ2n) is 6.37. The molecule has 2 aromatic carbocycles. The van der Waals surface area contributed by atoms with Crippen molar-refractivity contribution in [2.45, 2.75) is 32.7 Å². The molecule has 0 saturated carbocycles. The highest BCUT2D eigenvalue weighted by Gasteiger charge is 2.11. The minimum atomic E-state index is 0.345. The van der Waals surface area contributed by atoms with Gasteiger partial charge in [0.25, 0.3) is 0 Å². The minimum Gasteiger partial charge on any atom is -0.388 e. The predicted octanol–water partition coefficient (Wildman–Crippen LogP) is 4.67. The normalized spacial score (nSPS) is 12.3. The van der Waals surface area contributed by atoms with Crippen LogP contribution in [0.2, 0.25) is 0 Å². The molecule has 0 aliphatic rings. The van der Waals surface area contributed by atoms with Gasteiger partial charge in [-0.25, -0.2) is 0 Å². The van der Waals surface area contributed by atoms with E-state index in [1.165, 1.54) is 0 Å². The summed E-state index contributed by atoms with van der Waals surface area (Å²) in [6.07, 6.45) is 5.16. The summed E-state index contributed by atoms with van der Waals surface area (Å²) in [5.74, 6) is 0. The third-order valence-corrected chi connectivity index (χ3v) is 4.94. The van der Waals surface area contributed by atoms with Gasteiger partial charge >= 0.3 is 0 Å². The van der Waals surface area contributed by atoms with E-state index in [-0.39, 0.29) is 0 Å². The number of hydrogen-bond acceptors (Lipinski definition) is 5. The minimum absolute atomic E-state index is 0.345. The van der Waals surface area contributed by atoms with Gasteiger partial charge in [0, 0.05) is 42.5 Å². The summed E-state index contributed by atoms with van der Waals surface area (Å²) in [5, 5.41) is 3.24. The van der Waals surface area contributed by atoms with Gasteiger partial charge in [-0.1, -0.05) is 37.6 Å². The summed E-state index contributed by atoms with van der Waals surface area (Å²) >= 11 is 4.77. The predicted molar refractivity (Wildman–Crippen MR) is 122 cm³/mol. The largest absolute Gasteiger partial charge is 0.388 e. The molecule has 0 fully saturated rings. The summed E-state index contributed by atoms with van der Waals surface area (Å²) in [4.78, 5) is 5.37. The number of aliphatic imine (C=N–C) groups is 1. The Balaban J connectivity index is 2.46. The average molecular weight is 383 g/mol. The van der Waals surface area contributed by atoms with Crippen molar-refractivity contribution in [3.8, 4) is 11.1 Å². The van der Waals surface area contributed by atoms with Crippen molar-refractivity contribution in [2.75, 3.05) is 18.9 Å². The summed E-state index contributed by atoms with van der Waals surface area (Å²) in [7, 11) is 1.90. The molecule has 4 nitrogen and oxygen atoms in total. The number of nitrogens with two attached hydrogens (primary N) is 2. The molecule has 5 N–H and O–H groups in total. The third-order valence-electron chi connectivity index (χ3n) is 4.44. The van der Waals surface area contributed by atoms with E-state index in [0.29, 0.717) is 13.1 Å². The number of benzene rings is 2. The summed E-state index contributed by atoms with van der Waals surface area (Å²) < 4.78 is 0. The Labute approximate surface area is 168 Å². The number of anilines is 1. The van der Waals surface area contributed by atoms with Gasteiger partial charge in [-0.3, -0.25) is 4.99 Å². The molecule has 0 unspecified atom stereocenters. The Hall–Kier alpha value is -2.08. The first-order valence-corrected chi connectivity index (χ1v) is 9.85. The molecule has 2 aromatic rings. The Kier molecular flexibility index (Phi) is 8.58. The van der Waals surface area contributed by atoms with E-state index in [1.54, 1.807) is 0 Å². The van der Waals surface area contributed by atoms with Crippen LogP contribution in [0, 0.1) is 0 Å². The highest BCUT2D eigenvalue weighted by atomic mass is 32.1. The molecule has 0 atom stereocenters. The molecule has 0 saturated heterocycles. The van der Waals surface area contributed by atoms with E-state index >= 15 is 0 Å². The SMILES string of the molecule is CCCCC=N/C(CN)=C(\S)c1cc(-c2cccc(CN)c2)ccc1NC. The molecule has 5 heteroatoms. The molecular weight excluding hydrogens is 352 g/mol. The van der Waals surface area contributed by atoms with Crippen molar-refractivity contribution in [3.05, 3.63) is 59.3 Å². The van der Waals surface area contributed by atoms with Crippen LogP contribution in [0.5, 0.6) is 0 Å². The monoisotopic (exact) mass is 382 g/mol. The topological polar surface area (TPSA) is 76.4 Å². The highest BCUT2D eigenvalue weighted by Crippen LogP contribution is 2.33. The van der Waals surface area contributed by atoms with Crippen molar-refractivity contribution in [2.24, 2.45) is 16.5 Å². The van der Waals surface area contributed by atoms with Crippen LogP contribution in [0.25, 0.3) is 16.0 Å². The Morgan fingerprint density at radius 2 is 1.93 bits per heavy atom. The average Bonchev–Trinajstić information content (AvgIpc) is 2.73. The Morgan fingerprint density at radius 3 is 2.59 bits per heavy atom. The van der Waals surface area contributed by atoms with Crippen LogP contribution in [0.4, 0.5) is 5.69 Å². The zero-order chi connectivity index (χ0) is 19.6. The number of rotatable bonds is 9. The molecule has 0 aromatic heterocycles. The Morgan fingerprint density at radius 1 is 1.15 bits per heavy atom. The number of hydrogen-bond donors (Lipinski definition) is 4. The van der Waals surface area contributed by atoms with Gasteiger partial charge in [-0.05, 0) is 47.7 Å². The van der Waals surface area contributed by atoms with Gasteiger partial charge in [-0.2, -0.15) is 0 Å². The molecule has 0 heterocycles.